The number of nitriles is 1. The molecule has 0 bridgehead atoms. The van der Waals surface area contributed by atoms with Crippen molar-refractivity contribution in [2.75, 3.05) is 5.32 Å². The van der Waals surface area contributed by atoms with Gasteiger partial charge in [0.05, 0.1) is 17.1 Å². The smallest absolute Gasteiger partial charge is 0.137 e. The predicted molar refractivity (Wildman–Crippen MR) is 82.8 cm³/mol. The van der Waals surface area contributed by atoms with Gasteiger partial charge in [-0.25, -0.2) is 9.97 Å². The first-order valence-electron chi connectivity index (χ1n) is 6.70. The van der Waals surface area contributed by atoms with Gasteiger partial charge in [-0.1, -0.05) is 23.8 Å². The molecule has 0 amide bonds. The second kappa shape index (κ2) is 5.59. The Bertz CT molecular complexity index is 834. The van der Waals surface area contributed by atoms with Gasteiger partial charge in [0.2, 0.25) is 0 Å². The fourth-order valence-electron chi connectivity index (χ4n) is 2.25. The number of aromatic nitrogens is 2. The highest BCUT2D eigenvalue weighted by molar-refractivity contribution is 5.89. The molecular formula is C17H14N4. The summed E-state index contributed by atoms with van der Waals surface area (Å²) in [6.07, 6.45) is 1.56. The minimum absolute atomic E-state index is 0.621. The second-order valence-corrected chi connectivity index (χ2v) is 4.91. The number of rotatable bonds is 3. The van der Waals surface area contributed by atoms with Gasteiger partial charge >= 0.3 is 0 Å². The van der Waals surface area contributed by atoms with E-state index in [0.29, 0.717) is 12.1 Å². The third-order valence-corrected chi connectivity index (χ3v) is 3.31. The first kappa shape index (κ1) is 13.1. The molecule has 4 nitrogen and oxygen atoms in total. The van der Waals surface area contributed by atoms with Gasteiger partial charge in [-0.05, 0) is 36.8 Å². The number of hydrogen-bond donors (Lipinski definition) is 1. The summed E-state index contributed by atoms with van der Waals surface area (Å²) in [6.45, 7) is 2.67. The van der Waals surface area contributed by atoms with Gasteiger partial charge in [0.25, 0.3) is 0 Å². The van der Waals surface area contributed by atoms with E-state index >= 15 is 0 Å². The van der Waals surface area contributed by atoms with Crippen LogP contribution in [0.25, 0.3) is 10.9 Å². The average molecular weight is 274 g/mol. The molecule has 0 saturated heterocycles. The molecule has 21 heavy (non-hydrogen) atoms. The fraction of sp³-hybridized carbons (Fsp3) is 0.118. The quantitative estimate of drug-likeness (QED) is 0.795. The van der Waals surface area contributed by atoms with Crippen molar-refractivity contribution in [2.45, 2.75) is 13.5 Å². The van der Waals surface area contributed by atoms with E-state index in [1.807, 2.05) is 37.3 Å². The van der Waals surface area contributed by atoms with Crippen LogP contribution in [0.5, 0.6) is 0 Å². The molecule has 0 unspecified atom stereocenters. The molecule has 0 aliphatic rings. The Morgan fingerprint density at radius 1 is 1.14 bits per heavy atom. The number of fused-ring (bicyclic) bond motifs is 1. The standard InChI is InChI=1S/C17H14N4/c1-12-5-6-16-15(7-12)17(21-11-20-16)19-10-14-4-2-3-13(8-14)9-18/h2-8,11H,10H2,1H3,(H,19,20,21). The summed E-state index contributed by atoms with van der Waals surface area (Å²) in [4.78, 5) is 8.59. The van der Waals surface area contributed by atoms with E-state index in [0.717, 1.165) is 22.3 Å². The maximum atomic E-state index is 8.93. The molecule has 3 aromatic rings. The van der Waals surface area contributed by atoms with Crippen LogP contribution in [-0.2, 0) is 6.54 Å². The summed E-state index contributed by atoms with van der Waals surface area (Å²) in [6, 6.07) is 15.8. The minimum Gasteiger partial charge on any atom is -0.365 e. The van der Waals surface area contributed by atoms with Crippen molar-refractivity contribution in [3.63, 3.8) is 0 Å². The zero-order valence-electron chi connectivity index (χ0n) is 11.7. The Labute approximate surface area is 123 Å². The lowest BCUT2D eigenvalue weighted by Crippen LogP contribution is -2.03. The normalized spacial score (nSPS) is 10.3. The van der Waals surface area contributed by atoms with E-state index in [1.54, 1.807) is 12.4 Å². The lowest BCUT2D eigenvalue weighted by Gasteiger charge is -2.09. The Kier molecular flexibility index (Phi) is 3.48. The zero-order chi connectivity index (χ0) is 14.7. The van der Waals surface area contributed by atoms with E-state index in [1.165, 1.54) is 5.56 Å². The maximum absolute atomic E-state index is 8.93. The highest BCUT2D eigenvalue weighted by atomic mass is 15.0. The first-order valence-corrected chi connectivity index (χ1v) is 6.70. The van der Waals surface area contributed by atoms with Crippen LogP contribution in [0.4, 0.5) is 5.82 Å². The molecule has 0 aliphatic heterocycles. The van der Waals surface area contributed by atoms with Gasteiger partial charge in [0, 0.05) is 11.9 Å². The predicted octanol–water partition coefficient (Wildman–Crippen LogP) is 3.42. The van der Waals surface area contributed by atoms with Crippen LogP contribution < -0.4 is 5.32 Å². The number of anilines is 1. The molecule has 0 fully saturated rings. The van der Waals surface area contributed by atoms with Crippen molar-refractivity contribution >= 4 is 16.7 Å². The summed E-state index contributed by atoms with van der Waals surface area (Å²) in [5.74, 6) is 0.811. The lowest BCUT2D eigenvalue weighted by molar-refractivity contribution is 1.10. The third kappa shape index (κ3) is 2.82. The van der Waals surface area contributed by atoms with Crippen molar-refractivity contribution in [1.82, 2.24) is 9.97 Å². The largest absolute Gasteiger partial charge is 0.365 e. The maximum Gasteiger partial charge on any atom is 0.137 e. The summed E-state index contributed by atoms with van der Waals surface area (Å²) in [7, 11) is 0. The van der Waals surface area contributed by atoms with Crippen LogP contribution in [0.2, 0.25) is 0 Å². The van der Waals surface area contributed by atoms with Crippen molar-refractivity contribution in [3.8, 4) is 6.07 Å². The molecule has 1 heterocycles. The number of hydrogen-bond acceptors (Lipinski definition) is 4. The van der Waals surface area contributed by atoms with E-state index in [2.05, 4.69) is 27.4 Å². The lowest BCUT2D eigenvalue weighted by atomic mass is 10.1. The number of nitrogens with one attached hydrogen (secondary N) is 1. The summed E-state index contributed by atoms with van der Waals surface area (Å²) >= 11 is 0. The molecule has 0 saturated carbocycles. The Morgan fingerprint density at radius 2 is 2.05 bits per heavy atom. The van der Waals surface area contributed by atoms with Gasteiger partial charge in [-0.2, -0.15) is 5.26 Å². The number of nitrogens with zero attached hydrogens (tertiary/aromatic N) is 3. The minimum atomic E-state index is 0.621. The van der Waals surface area contributed by atoms with Crippen LogP contribution in [0.3, 0.4) is 0 Å². The first-order chi connectivity index (χ1) is 10.3. The van der Waals surface area contributed by atoms with Crippen molar-refractivity contribution in [3.05, 3.63) is 65.5 Å². The van der Waals surface area contributed by atoms with Gasteiger partial charge < -0.3 is 5.32 Å². The molecule has 102 valence electrons. The van der Waals surface area contributed by atoms with E-state index < -0.39 is 0 Å². The van der Waals surface area contributed by atoms with E-state index in [4.69, 9.17) is 5.26 Å². The van der Waals surface area contributed by atoms with Crippen molar-refractivity contribution in [1.29, 1.82) is 5.26 Å². The van der Waals surface area contributed by atoms with Gasteiger partial charge in [-0.3, -0.25) is 0 Å². The van der Waals surface area contributed by atoms with Crippen LogP contribution in [-0.4, -0.2) is 9.97 Å². The van der Waals surface area contributed by atoms with Crippen molar-refractivity contribution < 1.29 is 0 Å². The van der Waals surface area contributed by atoms with Crippen LogP contribution >= 0.6 is 0 Å². The highest BCUT2D eigenvalue weighted by Crippen LogP contribution is 2.21. The third-order valence-electron chi connectivity index (χ3n) is 3.31. The molecular weight excluding hydrogens is 260 g/mol. The van der Waals surface area contributed by atoms with Gasteiger partial charge in [0.15, 0.2) is 0 Å². The monoisotopic (exact) mass is 274 g/mol. The van der Waals surface area contributed by atoms with Gasteiger partial charge in [0.1, 0.15) is 12.1 Å². The fourth-order valence-corrected chi connectivity index (χ4v) is 2.25. The topological polar surface area (TPSA) is 61.6 Å². The molecule has 3 rings (SSSR count). The number of benzene rings is 2. The Morgan fingerprint density at radius 3 is 2.90 bits per heavy atom. The average Bonchev–Trinajstić information content (AvgIpc) is 2.53. The van der Waals surface area contributed by atoms with E-state index in [9.17, 15) is 0 Å². The van der Waals surface area contributed by atoms with Crippen LogP contribution in [0.15, 0.2) is 48.8 Å². The van der Waals surface area contributed by atoms with Crippen LogP contribution in [0, 0.1) is 18.3 Å². The van der Waals surface area contributed by atoms with Crippen LogP contribution in [0.1, 0.15) is 16.7 Å². The molecule has 0 spiro atoms. The molecule has 0 aliphatic carbocycles. The number of aryl methyl sites for hydroxylation is 1. The molecule has 0 radical (unpaired) electrons. The molecule has 4 heteroatoms. The second-order valence-electron chi connectivity index (χ2n) is 4.91. The molecule has 0 atom stereocenters. The molecule has 1 N–H and O–H groups in total. The molecule has 2 aromatic carbocycles. The Hall–Kier alpha value is -2.93. The Balaban J connectivity index is 1.88. The van der Waals surface area contributed by atoms with Gasteiger partial charge in [-0.15, -0.1) is 0 Å². The zero-order valence-corrected chi connectivity index (χ0v) is 11.7. The summed E-state index contributed by atoms with van der Waals surface area (Å²) < 4.78 is 0. The molecule has 1 aromatic heterocycles. The SMILES string of the molecule is Cc1ccc2ncnc(NCc3cccc(C#N)c3)c2c1. The summed E-state index contributed by atoms with van der Waals surface area (Å²) in [5, 5.41) is 13.3. The van der Waals surface area contributed by atoms with Crippen molar-refractivity contribution in [2.24, 2.45) is 0 Å². The van der Waals surface area contributed by atoms with E-state index in [-0.39, 0.29) is 0 Å². The summed E-state index contributed by atoms with van der Waals surface area (Å²) in [5.41, 5.74) is 3.81. The highest BCUT2D eigenvalue weighted by Gasteiger charge is 2.04.